The van der Waals surface area contributed by atoms with Gasteiger partial charge in [0.2, 0.25) is 5.91 Å². The van der Waals surface area contributed by atoms with Crippen LogP contribution < -0.4 is 5.32 Å². The van der Waals surface area contributed by atoms with Crippen molar-refractivity contribution in [1.82, 2.24) is 20.1 Å². The molecule has 0 aliphatic rings. The Labute approximate surface area is 140 Å². The molecular weight excluding hydrogens is 300 g/mol. The van der Waals surface area contributed by atoms with E-state index in [0.717, 1.165) is 22.6 Å². The van der Waals surface area contributed by atoms with Crippen LogP contribution >= 0.6 is 0 Å². The molecule has 120 valence electrons. The average Bonchev–Trinajstić information content (AvgIpc) is 3.01. The Bertz CT molecular complexity index is 838. The van der Waals surface area contributed by atoms with Crippen molar-refractivity contribution in [1.29, 1.82) is 0 Å². The van der Waals surface area contributed by atoms with Crippen molar-refractivity contribution in [3.63, 3.8) is 0 Å². The van der Waals surface area contributed by atoms with Crippen molar-refractivity contribution in [2.75, 3.05) is 0 Å². The van der Waals surface area contributed by atoms with Gasteiger partial charge in [-0.2, -0.15) is 5.10 Å². The largest absolute Gasteiger partial charge is 0.347 e. The number of hydrogen-bond donors (Lipinski definition) is 1. The van der Waals surface area contributed by atoms with Crippen LogP contribution in [-0.4, -0.2) is 20.7 Å². The predicted molar refractivity (Wildman–Crippen MR) is 93.8 cm³/mol. The van der Waals surface area contributed by atoms with E-state index in [1.54, 1.807) is 17.0 Å². The molecule has 0 bridgehead atoms. The second-order valence-corrected chi connectivity index (χ2v) is 5.32. The van der Waals surface area contributed by atoms with E-state index in [0.29, 0.717) is 6.54 Å². The van der Waals surface area contributed by atoms with Crippen LogP contribution in [0.25, 0.3) is 17.5 Å². The quantitative estimate of drug-likeness (QED) is 0.736. The van der Waals surface area contributed by atoms with E-state index in [2.05, 4.69) is 15.4 Å². The number of aryl methyl sites for hydroxylation is 1. The van der Waals surface area contributed by atoms with E-state index in [1.807, 2.05) is 61.6 Å². The van der Waals surface area contributed by atoms with Gasteiger partial charge >= 0.3 is 0 Å². The van der Waals surface area contributed by atoms with Crippen LogP contribution in [0.3, 0.4) is 0 Å². The Morgan fingerprint density at radius 2 is 1.92 bits per heavy atom. The van der Waals surface area contributed by atoms with Crippen LogP contribution in [0.4, 0.5) is 0 Å². The molecule has 3 aromatic rings. The van der Waals surface area contributed by atoms with Crippen molar-refractivity contribution in [3.8, 4) is 11.4 Å². The third-order valence-corrected chi connectivity index (χ3v) is 3.57. The minimum absolute atomic E-state index is 0.139. The SMILES string of the molecule is Cn1nc(-c2ccccn2)cc1CNC(=O)/C=C/c1ccccc1. The van der Waals surface area contributed by atoms with E-state index in [-0.39, 0.29) is 5.91 Å². The fraction of sp³-hybridized carbons (Fsp3) is 0.105. The van der Waals surface area contributed by atoms with E-state index < -0.39 is 0 Å². The molecule has 0 aliphatic heterocycles. The Balaban J connectivity index is 1.62. The molecule has 0 saturated carbocycles. The van der Waals surface area contributed by atoms with Gasteiger partial charge in [0, 0.05) is 19.3 Å². The summed E-state index contributed by atoms with van der Waals surface area (Å²) in [5.41, 5.74) is 3.51. The molecule has 5 nitrogen and oxygen atoms in total. The summed E-state index contributed by atoms with van der Waals surface area (Å²) in [5, 5.41) is 7.31. The number of carbonyl (C=O) groups is 1. The highest BCUT2D eigenvalue weighted by Gasteiger charge is 2.08. The average molecular weight is 318 g/mol. The lowest BCUT2D eigenvalue weighted by atomic mass is 10.2. The van der Waals surface area contributed by atoms with Gasteiger partial charge in [-0.05, 0) is 29.8 Å². The number of carbonyl (C=O) groups excluding carboxylic acids is 1. The van der Waals surface area contributed by atoms with E-state index in [4.69, 9.17) is 0 Å². The van der Waals surface area contributed by atoms with Crippen molar-refractivity contribution in [2.24, 2.45) is 7.05 Å². The number of aromatic nitrogens is 3. The summed E-state index contributed by atoms with van der Waals surface area (Å²) in [7, 11) is 1.85. The van der Waals surface area contributed by atoms with E-state index in [9.17, 15) is 4.79 Å². The predicted octanol–water partition coefficient (Wildman–Crippen LogP) is 2.81. The van der Waals surface area contributed by atoms with Gasteiger partial charge in [-0.25, -0.2) is 0 Å². The van der Waals surface area contributed by atoms with Crippen LogP contribution in [0.5, 0.6) is 0 Å². The summed E-state index contributed by atoms with van der Waals surface area (Å²) in [6.07, 6.45) is 5.06. The summed E-state index contributed by atoms with van der Waals surface area (Å²) in [4.78, 5) is 16.2. The minimum atomic E-state index is -0.139. The molecule has 2 heterocycles. The highest BCUT2D eigenvalue weighted by molar-refractivity contribution is 5.91. The lowest BCUT2D eigenvalue weighted by molar-refractivity contribution is -0.116. The number of amides is 1. The Morgan fingerprint density at radius 3 is 2.67 bits per heavy atom. The van der Waals surface area contributed by atoms with Crippen molar-refractivity contribution >= 4 is 12.0 Å². The summed E-state index contributed by atoms with van der Waals surface area (Å²) in [6, 6.07) is 17.3. The second kappa shape index (κ2) is 7.37. The summed E-state index contributed by atoms with van der Waals surface area (Å²) in [6.45, 7) is 0.411. The molecule has 5 heteroatoms. The smallest absolute Gasteiger partial charge is 0.244 e. The number of nitrogens with zero attached hydrogens (tertiary/aromatic N) is 3. The van der Waals surface area contributed by atoms with Crippen LogP contribution in [0.2, 0.25) is 0 Å². The van der Waals surface area contributed by atoms with E-state index >= 15 is 0 Å². The zero-order chi connectivity index (χ0) is 16.8. The molecule has 1 aromatic carbocycles. The lowest BCUT2D eigenvalue weighted by Gasteiger charge is -2.02. The van der Waals surface area contributed by atoms with Gasteiger partial charge < -0.3 is 5.32 Å². The molecule has 0 saturated heterocycles. The normalized spacial score (nSPS) is 10.9. The topological polar surface area (TPSA) is 59.8 Å². The zero-order valence-corrected chi connectivity index (χ0v) is 13.4. The third kappa shape index (κ3) is 3.95. The van der Waals surface area contributed by atoms with Crippen molar-refractivity contribution in [2.45, 2.75) is 6.54 Å². The standard InChI is InChI=1S/C19H18N4O/c1-23-16(13-18(22-23)17-9-5-6-12-20-17)14-21-19(24)11-10-15-7-3-2-4-8-15/h2-13H,14H2,1H3,(H,21,24)/b11-10+. The Kier molecular flexibility index (Phi) is 4.81. The van der Waals surface area contributed by atoms with Gasteiger partial charge in [0.1, 0.15) is 5.69 Å². The molecule has 3 rings (SSSR count). The molecule has 1 N–H and O–H groups in total. The number of benzene rings is 1. The zero-order valence-electron chi connectivity index (χ0n) is 13.4. The molecule has 0 fully saturated rings. The van der Waals surface area contributed by atoms with Gasteiger partial charge in [-0.3, -0.25) is 14.5 Å². The van der Waals surface area contributed by atoms with Gasteiger partial charge in [0.25, 0.3) is 0 Å². The summed E-state index contributed by atoms with van der Waals surface area (Å²) >= 11 is 0. The summed E-state index contributed by atoms with van der Waals surface area (Å²) < 4.78 is 1.76. The molecule has 2 aromatic heterocycles. The number of nitrogens with one attached hydrogen (secondary N) is 1. The van der Waals surface area contributed by atoms with Crippen LogP contribution in [0.1, 0.15) is 11.3 Å². The number of pyridine rings is 1. The van der Waals surface area contributed by atoms with Gasteiger partial charge in [-0.1, -0.05) is 36.4 Å². The molecule has 0 radical (unpaired) electrons. The fourth-order valence-corrected chi connectivity index (χ4v) is 2.28. The van der Waals surface area contributed by atoms with Crippen molar-refractivity contribution < 1.29 is 4.79 Å². The van der Waals surface area contributed by atoms with Crippen molar-refractivity contribution in [3.05, 3.63) is 78.1 Å². The fourth-order valence-electron chi connectivity index (χ4n) is 2.28. The molecule has 0 spiro atoms. The minimum Gasteiger partial charge on any atom is -0.347 e. The first-order valence-electron chi connectivity index (χ1n) is 7.67. The molecule has 1 amide bonds. The van der Waals surface area contributed by atoms with Crippen LogP contribution in [0.15, 0.2) is 66.9 Å². The maximum absolute atomic E-state index is 11.9. The first-order valence-corrected chi connectivity index (χ1v) is 7.67. The molecule has 24 heavy (non-hydrogen) atoms. The van der Waals surface area contributed by atoms with Gasteiger partial charge in [0.05, 0.1) is 17.9 Å². The first-order chi connectivity index (χ1) is 11.7. The molecule has 0 unspecified atom stereocenters. The lowest BCUT2D eigenvalue weighted by Crippen LogP contribution is -2.21. The van der Waals surface area contributed by atoms with E-state index in [1.165, 1.54) is 6.08 Å². The first kappa shape index (κ1) is 15.7. The highest BCUT2D eigenvalue weighted by Crippen LogP contribution is 2.15. The number of rotatable bonds is 5. The Morgan fingerprint density at radius 1 is 1.12 bits per heavy atom. The maximum Gasteiger partial charge on any atom is 0.244 e. The molecule has 0 atom stereocenters. The van der Waals surface area contributed by atoms with Crippen LogP contribution in [-0.2, 0) is 18.4 Å². The highest BCUT2D eigenvalue weighted by atomic mass is 16.1. The van der Waals surface area contributed by atoms with Gasteiger partial charge in [0.15, 0.2) is 0 Å². The number of hydrogen-bond acceptors (Lipinski definition) is 3. The van der Waals surface area contributed by atoms with Crippen LogP contribution in [0, 0.1) is 0 Å². The molecule has 0 aliphatic carbocycles. The van der Waals surface area contributed by atoms with Gasteiger partial charge in [-0.15, -0.1) is 0 Å². The Hall–Kier alpha value is -3.21. The third-order valence-electron chi connectivity index (χ3n) is 3.57. The maximum atomic E-state index is 11.9. The second-order valence-electron chi connectivity index (χ2n) is 5.32. The summed E-state index contributed by atoms with van der Waals surface area (Å²) in [5.74, 6) is -0.139. The monoisotopic (exact) mass is 318 g/mol. The molecular formula is C19H18N4O.